The minimum atomic E-state index is -4.38. The van der Waals surface area contributed by atoms with Gasteiger partial charge in [0.05, 0.1) is 0 Å². The van der Waals surface area contributed by atoms with Crippen LogP contribution in [0, 0.1) is 11.8 Å². The van der Waals surface area contributed by atoms with Gasteiger partial charge in [0.1, 0.15) is 11.5 Å². The van der Waals surface area contributed by atoms with Crippen LogP contribution in [0.15, 0.2) is 18.2 Å². The van der Waals surface area contributed by atoms with E-state index in [1.54, 1.807) is 6.07 Å². The minimum absolute atomic E-state index is 0.215. The Labute approximate surface area is 111 Å². The predicted molar refractivity (Wildman–Crippen MR) is 68.8 cm³/mol. The van der Waals surface area contributed by atoms with E-state index in [9.17, 15) is 13.2 Å². The summed E-state index contributed by atoms with van der Waals surface area (Å²) in [6.45, 7) is 4.36. The molecular weight excluding hydrogens is 253 g/mol. The molecule has 1 heterocycles. The number of rotatable bonds is 2. The summed E-state index contributed by atoms with van der Waals surface area (Å²) in [6, 6.07) is 4.21. The number of hydrogen-bond acceptors (Lipinski definition) is 2. The molecule has 106 valence electrons. The minimum Gasteiger partial charge on any atom is -0.367 e. The maximum Gasteiger partial charge on any atom is 0.433 e. The molecule has 3 unspecified atom stereocenters. The van der Waals surface area contributed by atoms with Gasteiger partial charge in [-0.05, 0) is 43.2 Å². The van der Waals surface area contributed by atoms with Gasteiger partial charge in [-0.25, -0.2) is 4.98 Å². The number of alkyl halides is 3. The number of halogens is 3. The second-order valence-electron chi connectivity index (χ2n) is 5.55. The van der Waals surface area contributed by atoms with Crippen molar-refractivity contribution in [3.8, 4) is 0 Å². The van der Waals surface area contributed by atoms with Crippen molar-refractivity contribution in [2.75, 3.05) is 5.32 Å². The fourth-order valence-electron chi connectivity index (χ4n) is 2.74. The number of nitrogens with one attached hydrogen (secondary N) is 1. The monoisotopic (exact) mass is 272 g/mol. The topological polar surface area (TPSA) is 24.9 Å². The van der Waals surface area contributed by atoms with Crippen LogP contribution in [0.2, 0.25) is 0 Å². The van der Waals surface area contributed by atoms with E-state index in [0.29, 0.717) is 17.7 Å². The average molecular weight is 272 g/mol. The molecule has 2 rings (SSSR count). The second-order valence-corrected chi connectivity index (χ2v) is 5.55. The maximum absolute atomic E-state index is 12.6. The molecule has 1 fully saturated rings. The van der Waals surface area contributed by atoms with Gasteiger partial charge in [0.15, 0.2) is 0 Å². The molecule has 0 amide bonds. The normalized spacial score (nSPS) is 28.2. The first-order chi connectivity index (χ1) is 8.86. The van der Waals surface area contributed by atoms with E-state index in [1.165, 1.54) is 6.07 Å². The molecule has 0 saturated heterocycles. The highest BCUT2D eigenvalue weighted by molar-refractivity contribution is 5.37. The molecule has 1 aliphatic carbocycles. The zero-order valence-electron chi connectivity index (χ0n) is 11.2. The highest BCUT2D eigenvalue weighted by Crippen LogP contribution is 2.32. The van der Waals surface area contributed by atoms with Gasteiger partial charge in [0.2, 0.25) is 0 Å². The fraction of sp³-hybridized carbons (Fsp3) is 0.643. The van der Waals surface area contributed by atoms with Gasteiger partial charge in [-0.2, -0.15) is 13.2 Å². The van der Waals surface area contributed by atoms with Gasteiger partial charge in [0.25, 0.3) is 0 Å². The molecule has 1 saturated carbocycles. The van der Waals surface area contributed by atoms with Gasteiger partial charge >= 0.3 is 6.18 Å². The van der Waals surface area contributed by atoms with E-state index in [1.807, 2.05) is 0 Å². The van der Waals surface area contributed by atoms with Crippen molar-refractivity contribution in [2.24, 2.45) is 11.8 Å². The average Bonchev–Trinajstić information content (AvgIpc) is 2.32. The highest BCUT2D eigenvalue weighted by Gasteiger charge is 2.33. The number of anilines is 1. The molecule has 1 aromatic rings. The Morgan fingerprint density at radius 3 is 2.58 bits per heavy atom. The van der Waals surface area contributed by atoms with Gasteiger partial charge < -0.3 is 5.32 Å². The quantitative estimate of drug-likeness (QED) is 0.866. The lowest BCUT2D eigenvalue weighted by atomic mass is 9.80. The van der Waals surface area contributed by atoms with E-state index in [4.69, 9.17) is 0 Å². The summed E-state index contributed by atoms with van der Waals surface area (Å²) in [7, 11) is 0. The molecular formula is C14H19F3N2. The van der Waals surface area contributed by atoms with Crippen molar-refractivity contribution in [3.05, 3.63) is 23.9 Å². The second kappa shape index (κ2) is 5.39. The summed E-state index contributed by atoms with van der Waals surface area (Å²) in [6.07, 6.45) is -1.18. The van der Waals surface area contributed by atoms with Crippen LogP contribution in [-0.4, -0.2) is 11.0 Å². The lowest BCUT2D eigenvalue weighted by Crippen LogP contribution is -2.33. The van der Waals surface area contributed by atoms with Crippen LogP contribution < -0.4 is 5.32 Å². The summed E-state index contributed by atoms with van der Waals surface area (Å²) in [5.41, 5.74) is -0.839. The third kappa shape index (κ3) is 3.61. The molecule has 1 N–H and O–H groups in total. The molecule has 5 heteroatoms. The predicted octanol–water partition coefficient (Wildman–Crippen LogP) is 4.34. The van der Waals surface area contributed by atoms with Crippen molar-refractivity contribution in [1.82, 2.24) is 4.98 Å². The molecule has 1 aromatic heterocycles. The molecule has 19 heavy (non-hydrogen) atoms. The zero-order valence-corrected chi connectivity index (χ0v) is 11.2. The van der Waals surface area contributed by atoms with E-state index >= 15 is 0 Å². The van der Waals surface area contributed by atoms with E-state index in [-0.39, 0.29) is 6.04 Å². The Hall–Kier alpha value is -1.26. The van der Waals surface area contributed by atoms with Gasteiger partial charge in [-0.15, -0.1) is 0 Å². The Bertz CT molecular complexity index is 431. The van der Waals surface area contributed by atoms with Crippen LogP contribution in [0.4, 0.5) is 19.0 Å². The molecule has 2 nitrogen and oxygen atoms in total. The molecule has 0 spiro atoms. The Morgan fingerprint density at radius 2 is 1.95 bits per heavy atom. The first-order valence-electron chi connectivity index (χ1n) is 6.67. The summed E-state index contributed by atoms with van der Waals surface area (Å²) in [5, 5.41) is 3.15. The van der Waals surface area contributed by atoms with Crippen LogP contribution in [0.1, 0.15) is 38.8 Å². The maximum atomic E-state index is 12.6. The summed E-state index contributed by atoms with van der Waals surface area (Å²) >= 11 is 0. The molecule has 1 aliphatic rings. The molecule has 0 bridgehead atoms. The Morgan fingerprint density at radius 1 is 1.21 bits per heavy atom. The number of pyridine rings is 1. The molecule has 0 aromatic carbocycles. The van der Waals surface area contributed by atoms with Crippen molar-refractivity contribution in [3.63, 3.8) is 0 Å². The SMILES string of the molecule is CC1CCC(Nc2cccc(C(F)(F)F)n2)C(C)C1. The Kier molecular flexibility index (Phi) is 4.02. The first-order valence-corrected chi connectivity index (χ1v) is 6.67. The molecule has 0 radical (unpaired) electrons. The molecule has 3 atom stereocenters. The van der Waals surface area contributed by atoms with E-state index in [2.05, 4.69) is 24.1 Å². The van der Waals surface area contributed by atoms with E-state index in [0.717, 1.165) is 25.3 Å². The standard InChI is InChI=1S/C14H19F3N2/c1-9-6-7-11(10(2)8-9)18-13-5-3-4-12(19-13)14(15,16)17/h3-5,9-11H,6-8H2,1-2H3,(H,18,19). The van der Waals surface area contributed by atoms with Crippen LogP contribution in [0.5, 0.6) is 0 Å². The third-order valence-electron chi connectivity index (χ3n) is 3.80. The van der Waals surface area contributed by atoms with Gasteiger partial charge in [-0.3, -0.25) is 0 Å². The summed E-state index contributed by atoms with van der Waals surface area (Å²) < 4.78 is 37.8. The van der Waals surface area contributed by atoms with Crippen LogP contribution in [0.25, 0.3) is 0 Å². The summed E-state index contributed by atoms with van der Waals surface area (Å²) in [5.74, 6) is 1.48. The highest BCUT2D eigenvalue weighted by atomic mass is 19.4. The lowest BCUT2D eigenvalue weighted by molar-refractivity contribution is -0.141. The Balaban J connectivity index is 2.07. The number of nitrogens with zero attached hydrogens (tertiary/aromatic N) is 1. The van der Waals surface area contributed by atoms with Crippen LogP contribution in [-0.2, 0) is 6.18 Å². The van der Waals surface area contributed by atoms with Gasteiger partial charge in [-0.1, -0.05) is 19.9 Å². The summed E-state index contributed by atoms with van der Waals surface area (Å²) in [4.78, 5) is 3.66. The number of aromatic nitrogens is 1. The number of hydrogen-bond donors (Lipinski definition) is 1. The van der Waals surface area contributed by atoms with Crippen LogP contribution >= 0.6 is 0 Å². The largest absolute Gasteiger partial charge is 0.433 e. The lowest BCUT2D eigenvalue weighted by Gasteiger charge is -2.33. The van der Waals surface area contributed by atoms with Crippen molar-refractivity contribution >= 4 is 5.82 Å². The van der Waals surface area contributed by atoms with Crippen molar-refractivity contribution in [1.29, 1.82) is 0 Å². The third-order valence-corrected chi connectivity index (χ3v) is 3.80. The first kappa shape index (κ1) is 14.2. The van der Waals surface area contributed by atoms with E-state index < -0.39 is 11.9 Å². The van der Waals surface area contributed by atoms with Gasteiger partial charge in [0, 0.05) is 6.04 Å². The zero-order chi connectivity index (χ0) is 14.0. The fourth-order valence-corrected chi connectivity index (χ4v) is 2.74. The van der Waals surface area contributed by atoms with Crippen molar-refractivity contribution in [2.45, 2.75) is 45.3 Å². The van der Waals surface area contributed by atoms with Crippen LogP contribution in [0.3, 0.4) is 0 Å². The smallest absolute Gasteiger partial charge is 0.367 e. The van der Waals surface area contributed by atoms with Crippen molar-refractivity contribution < 1.29 is 13.2 Å². The molecule has 0 aliphatic heterocycles.